The van der Waals surface area contributed by atoms with Gasteiger partial charge in [0.15, 0.2) is 0 Å². The Morgan fingerprint density at radius 1 is 0.931 bits per heavy atom. The molecule has 0 amide bonds. The molecular weight excluding hydrogens is 402 g/mol. The van der Waals surface area contributed by atoms with E-state index in [0.29, 0.717) is 0 Å². The van der Waals surface area contributed by atoms with Crippen LogP contribution in [0.2, 0.25) is 0 Å². The molecule has 11 heteroatoms. The van der Waals surface area contributed by atoms with E-state index in [9.17, 15) is 14.8 Å². The fourth-order valence-corrected chi connectivity index (χ4v) is 4.65. The van der Waals surface area contributed by atoms with Crippen molar-refractivity contribution in [3.8, 4) is 0 Å². The predicted molar refractivity (Wildman–Crippen MR) is 109 cm³/mol. The van der Waals surface area contributed by atoms with Gasteiger partial charge in [-0.2, -0.15) is 0 Å². The summed E-state index contributed by atoms with van der Waals surface area (Å²) in [7, 11) is -2.21. The van der Waals surface area contributed by atoms with E-state index in [4.69, 9.17) is 28.0 Å². The van der Waals surface area contributed by atoms with Crippen molar-refractivity contribution in [3.63, 3.8) is 0 Å². The molecule has 3 unspecified atom stereocenters. The molecule has 2 aliphatic rings. The first-order valence-corrected chi connectivity index (χ1v) is 12.2. The van der Waals surface area contributed by atoms with E-state index in [2.05, 4.69) is 0 Å². The van der Waals surface area contributed by atoms with Crippen molar-refractivity contribution < 1.29 is 42.8 Å². The topological polar surface area (TPSA) is 113 Å². The molecule has 0 saturated carbocycles. The van der Waals surface area contributed by atoms with Crippen molar-refractivity contribution in [2.45, 2.75) is 103 Å². The van der Waals surface area contributed by atoms with E-state index in [-0.39, 0.29) is 25.4 Å². The van der Waals surface area contributed by atoms with E-state index in [1.54, 1.807) is 13.8 Å². The molecule has 0 aromatic rings. The van der Waals surface area contributed by atoms with Gasteiger partial charge in [0, 0.05) is 0 Å². The Labute approximate surface area is 174 Å². The first kappa shape index (κ1) is 25.2. The van der Waals surface area contributed by atoms with Crippen molar-refractivity contribution in [2.24, 2.45) is 0 Å². The standard InChI is InChI=1S/C18H36BO9P/c1-9(2)23-7-13-18(16(21)12(6)26-13)28-29(19,22)24-8-14-17(25-10(3)4)15(20)11(5)27-14/h9-18,20-21H,7-8,19H2,1-6H3/t11-,12-,13+,14+,15?,16?,17-,18-,29?/m0/s1. The van der Waals surface area contributed by atoms with Gasteiger partial charge in [-0.05, 0) is 41.5 Å². The molecule has 29 heavy (non-hydrogen) atoms. The quantitative estimate of drug-likeness (QED) is 0.375. The van der Waals surface area contributed by atoms with Gasteiger partial charge < -0.3 is 38.2 Å². The fourth-order valence-electron chi connectivity index (χ4n) is 3.47. The van der Waals surface area contributed by atoms with Gasteiger partial charge in [-0.3, -0.25) is 4.57 Å². The molecule has 0 aromatic heterocycles. The lowest BCUT2D eigenvalue weighted by Crippen LogP contribution is -2.39. The number of hydrogen-bond acceptors (Lipinski definition) is 9. The van der Waals surface area contributed by atoms with Gasteiger partial charge >= 0.3 is 0 Å². The zero-order valence-electron chi connectivity index (χ0n) is 18.4. The molecule has 9 atom stereocenters. The first-order valence-electron chi connectivity index (χ1n) is 10.3. The average Bonchev–Trinajstić information content (AvgIpc) is 3.02. The Kier molecular flexibility index (Phi) is 9.16. The molecule has 9 nitrogen and oxygen atoms in total. The number of aliphatic hydroxyl groups is 2. The Bertz CT molecular complexity index is 563. The normalized spacial score (nSPS) is 40.1. The Balaban J connectivity index is 1.96. The molecule has 0 spiro atoms. The summed E-state index contributed by atoms with van der Waals surface area (Å²) in [5, 5.41) is 20.7. The van der Waals surface area contributed by atoms with Gasteiger partial charge in [0.05, 0.1) is 37.6 Å². The van der Waals surface area contributed by atoms with E-state index in [0.717, 1.165) is 0 Å². The highest BCUT2D eigenvalue weighted by atomic mass is 31.2. The zero-order valence-corrected chi connectivity index (χ0v) is 19.3. The van der Waals surface area contributed by atoms with Crippen LogP contribution in [0.5, 0.6) is 0 Å². The van der Waals surface area contributed by atoms with Crippen LogP contribution < -0.4 is 0 Å². The summed E-state index contributed by atoms with van der Waals surface area (Å²) >= 11 is 0. The smallest absolute Gasteiger partial charge is 0.271 e. The van der Waals surface area contributed by atoms with Gasteiger partial charge in [-0.25, -0.2) is 0 Å². The molecule has 0 radical (unpaired) electrons. The van der Waals surface area contributed by atoms with E-state index in [1.807, 2.05) is 27.7 Å². The first-order chi connectivity index (χ1) is 13.4. The number of hydrogen-bond donors (Lipinski definition) is 2. The van der Waals surface area contributed by atoms with Gasteiger partial charge in [0.25, 0.3) is 15.0 Å². The van der Waals surface area contributed by atoms with Gasteiger partial charge in [-0.15, -0.1) is 0 Å². The summed E-state index contributed by atoms with van der Waals surface area (Å²) in [6.07, 6.45) is -5.32. The van der Waals surface area contributed by atoms with Crippen LogP contribution in [-0.4, -0.2) is 92.0 Å². The summed E-state index contributed by atoms with van der Waals surface area (Å²) in [5.74, 6) is 0. The second-order valence-corrected chi connectivity index (χ2v) is 10.4. The summed E-state index contributed by atoms with van der Waals surface area (Å²) in [6, 6.07) is 0. The van der Waals surface area contributed by atoms with E-state index >= 15 is 0 Å². The van der Waals surface area contributed by atoms with Crippen molar-refractivity contribution in [3.05, 3.63) is 0 Å². The van der Waals surface area contributed by atoms with Crippen molar-refractivity contribution in [1.82, 2.24) is 0 Å². The third kappa shape index (κ3) is 6.99. The van der Waals surface area contributed by atoms with E-state index < -0.39 is 56.3 Å². The highest BCUT2D eigenvalue weighted by molar-refractivity contribution is 7.79. The lowest BCUT2D eigenvalue weighted by Gasteiger charge is -2.27. The van der Waals surface area contributed by atoms with Crippen molar-refractivity contribution in [2.75, 3.05) is 13.2 Å². The maximum absolute atomic E-state index is 12.9. The summed E-state index contributed by atoms with van der Waals surface area (Å²) < 4.78 is 46.9. The molecule has 2 aliphatic heterocycles. The molecule has 2 rings (SSSR count). The summed E-state index contributed by atoms with van der Waals surface area (Å²) in [4.78, 5) is 0. The molecule has 2 N–H and O–H groups in total. The van der Waals surface area contributed by atoms with Crippen LogP contribution in [0.25, 0.3) is 0 Å². The Hall–Kier alpha value is -0.0251. The maximum Gasteiger partial charge on any atom is 0.271 e. The fraction of sp³-hybridized carbons (Fsp3) is 1.00. The van der Waals surface area contributed by atoms with Crippen molar-refractivity contribution >= 4 is 15.0 Å². The summed E-state index contributed by atoms with van der Waals surface area (Å²) in [6.45, 7) is 11.1. The molecule has 0 aliphatic carbocycles. The molecule has 2 fully saturated rings. The number of rotatable bonds is 10. The molecule has 0 bridgehead atoms. The van der Waals surface area contributed by atoms with Crippen LogP contribution >= 0.6 is 7.47 Å². The van der Waals surface area contributed by atoms with Crippen LogP contribution in [0.3, 0.4) is 0 Å². The van der Waals surface area contributed by atoms with Crippen LogP contribution in [0.15, 0.2) is 0 Å². The zero-order chi connectivity index (χ0) is 21.9. The lowest BCUT2D eigenvalue weighted by atomic mass is 10.1. The Morgan fingerprint density at radius 2 is 1.45 bits per heavy atom. The molecule has 2 saturated heterocycles. The number of aliphatic hydroxyl groups excluding tert-OH is 2. The minimum absolute atomic E-state index is 0.0113. The maximum atomic E-state index is 12.9. The van der Waals surface area contributed by atoms with Gasteiger partial charge in [-0.1, -0.05) is 0 Å². The van der Waals surface area contributed by atoms with Crippen LogP contribution in [0, 0.1) is 0 Å². The summed E-state index contributed by atoms with van der Waals surface area (Å²) in [5.41, 5.74) is 0. The largest absolute Gasteiger partial charge is 0.388 e. The van der Waals surface area contributed by atoms with Gasteiger partial charge in [0.1, 0.15) is 36.6 Å². The molecule has 2 heterocycles. The molecular formula is C18H36BO9P. The lowest BCUT2D eigenvalue weighted by molar-refractivity contribution is -0.0776. The minimum Gasteiger partial charge on any atom is -0.388 e. The van der Waals surface area contributed by atoms with E-state index in [1.165, 1.54) is 7.57 Å². The second kappa shape index (κ2) is 10.5. The molecule has 170 valence electrons. The van der Waals surface area contributed by atoms with Crippen molar-refractivity contribution in [1.29, 1.82) is 0 Å². The Morgan fingerprint density at radius 3 is 1.97 bits per heavy atom. The highest BCUT2D eigenvalue weighted by Gasteiger charge is 2.47. The van der Waals surface area contributed by atoms with Crippen LogP contribution in [0.4, 0.5) is 0 Å². The monoisotopic (exact) mass is 438 g/mol. The SMILES string of the molecule is BP(=O)(OC[C@H]1O[C@@H](C)C(O)[C@H]1OC(C)C)O[C@@H]1C(O)[C@H](C)O[C@@H]1COC(C)C. The third-order valence-corrected chi connectivity index (χ3v) is 6.20. The molecule has 0 aromatic carbocycles. The highest BCUT2D eigenvalue weighted by Crippen LogP contribution is 2.47. The van der Waals surface area contributed by atoms with Gasteiger partial charge in [0.2, 0.25) is 0 Å². The van der Waals surface area contributed by atoms with Crippen LogP contribution in [0.1, 0.15) is 41.5 Å². The minimum atomic E-state index is -3.56. The number of ether oxygens (including phenoxy) is 4. The second-order valence-electron chi connectivity index (χ2n) is 8.41. The van der Waals surface area contributed by atoms with Crippen LogP contribution in [-0.2, 0) is 32.6 Å². The average molecular weight is 438 g/mol. The predicted octanol–water partition coefficient (Wildman–Crippen LogP) is 0.644. The third-order valence-electron chi connectivity index (χ3n) is 4.96.